The smallest absolute Gasteiger partial charge is 0.325 e. The Labute approximate surface area is 82.9 Å². The number of rotatable bonds is 3. The van der Waals surface area contributed by atoms with Gasteiger partial charge in [0.1, 0.15) is 6.04 Å². The molecule has 1 rings (SSSR count). The van der Waals surface area contributed by atoms with Crippen LogP contribution in [-0.4, -0.2) is 36.1 Å². The van der Waals surface area contributed by atoms with Crippen LogP contribution in [0.5, 0.6) is 0 Å². The summed E-state index contributed by atoms with van der Waals surface area (Å²) in [5, 5.41) is 14.2. The molecular formula is C9H16N2O3. The number of nitrogens with one attached hydrogen (secondary N) is 2. The summed E-state index contributed by atoms with van der Waals surface area (Å²) in [4.78, 5) is 22.0. The van der Waals surface area contributed by atoms with Crippen molar-refractivity contribution in [3.05, 3.63) is 0 Å². The molecule has 1 aliphatic heterocycles. The van der Waals surface area contributed by atoms with E-state index in [4.69, 9.17) is 5.11 Å². The maximum Gasteiger partial charge on any atom is 0.325 e. The van der Waals surface area contributed by atoms with Gasteiger partial charge in [-0.15, -0.1) is 0 Å². The van der Waals surface area contributed by atoms with Crippen molar-refractivity contribution in [2.75, 3.05) is 13.1 Å². The molecule has 0 saturated carbocycles. The number of carboxylic acid groups (broad SMARTS) is 1. The minimum atomic E-state index is -0.998. The highest BCUT2D eigenvalue weighted by molar-refractivity contribution is 5.84. The normalized spacial score (nSPS) is 23.9. The lowest BCUT2D eigenvalue weighted by atomic mass is 9.98. The number of carboxylic acids is 1. The molecule has 5 nitrogen and oxygen atoms in total. The van der Waals surface area contributed by atoms with E-state index < -0.39 is 12.0 Å². The molecule has 0 aromatic carbocycles. The fraction of sp³-hybridized carbons (Fsp3) is 0.778. The largest absolute Gasteiger partial charge is 0.480 e. The molecule has 1 fully saturated rings. The van der Waals surface area contributed by atoms with Gasteiger partial charge in [0.25, 0.3) is 0 Å². The van der Waals surface area contributed by atoms with Crippen molar-refractivity contribution < 1.29 is 14.7 Å². The predicted octanol–water partition coefficient (Wildman–Crippen LogP) is -0.425. The Morgan fingerprint density at radius 3 is 2.79 bits per heavy atom. The molecule has 0 aromatic rings. The van der Waals surface area contributed by atoms with Crippen LogP contribution in [-0.2, 0) is 9.59 Å². The zero-order valence-electron chi connectivity index (χ0n) is 8.25. The van der Waals surface area contributed by atoms with Gasteiger partial charge in [0.05, 0.1) is 5.92 Å². The second-order valence-electron chi connectivity index (χ2n) is 3.61. The van der Waals surface area contributed by atoms with Crippen LogP contribution in [0.2, 0.25) is 0 Å². The maximum absolute atomic E-state index is 11.5. The predicted molar refractivity (Wildman–Crippen MR) is 50.8 cm³/mol. The Kier molecular flexibility index (Phi) is 3.88. The average molecular weight is 200 g/mol. The lowest BCUT2D eigenvalue weighted by molar-refractivity contribution is -0.142. The first-order valence-corrected chi connectivity index (χ1v) is 4.85. The quantitative estimate of drug-likeness (QED) is 0.578. The van der Waals surface area contributed by atoms with Crippen LogP contribution >= 0.6 is 0 Å². The molecule has 1 saturated heterocycles. The molecule has 5 heteroatoms. The zero-order chi connectivity index (χ0) is 10.6. The van der Waals surface area contributed by atoms with Gasteiger partial charge in [-0.05, 0) is 26.3 Å². The SMILES string of the molecule is C[C@@H](NC(=O)[C@H]1CCCNC1)C(=O)O. The molecule has 0 unspecified atom stereocenters. The molecular weight excluding hydrogens is 184 g/mol. The van der Waals surface area contributed by atoms with Gasteiger partial charge in [-0.2, -0.15) is 0 Å². The third-order valence-corrected chi connectivity index (χ3v) is 2.40. The molecule has 1 aliphatic rings. The second kappa shape index (κ2) is 4.95. The zero-order valence-corrected chi connectivity index (χ0v) is 8.25. The molecule has 1 heterocycles. The van der Waals surface area contributed by atoms with Crippen LogP contribution in [0.15, 0.2) is 0 Å². The summed E-state index contributed by atoms with van der Waals surface area (Å²) >= 11 is 0. The first-order valence-electron chi connectivity index (χ1n) is 4.85. The van der Waals surface area contributed by atoms with Gasteiger partial charge in [-0.25, -0.2) is 0 Å². The summed E-state index contributed by atoms with van der Waals surface area (Å²) in [6.07, 6.45) is 1.81. The van der Waals surface area contributed by atoms with E-state index >= 15 is 0 Å². The third-order valence-electron chi connectivity index (χ3n) is 2.40. The van der Waals surface area contributed by atoms with E-state index in [1.54, 1.807) is 0 Å². The molecule has 0 bridgehead atoms. The number of carbonyl (C=O) groups excluding carboxylic acids is 1. The van der Waals surface area contributed by atoms with Crippen molar-refractivity contribution in [3.63, 3.8) is 0 Å². The summed E-state index contributed by atoms with van der Waals surface area (Å²) in [5.74, 6) is -1.24. The molecule has 0 aliphatic carbocycles. The van der Waals surface area contributed by atoms with Crippen molar-refractivity contribution >= 4 is 11.9 Å². The van der Waals surface area contributed by atoms with Crippen LogP contribution < -0.4 is 10.6 Å². The van der Waals surface area contributed by atoms with E-state index in [9.17, 15) is 9.59 Å². The number of hydrogen-bond acceptors (Lipinski definition) is 3. The lowest BCUT2D eigenvalue weighted by Gasteiger charge is -2.22. The molecule has 1 amide bonds. The third kappa shape index (κ3) is 2.99. The monoisotopic (exact) mass is 200 g/mol. The molecule has 80 valence electrons. The van der Waals surface area contributed by atoms with Crippen molar-refractivity contribution in [1.29, 1.82) is 0 Å². The van der Waals surface area contributed by atoms with Crippen molar-refractivity contribution in [2.45, 2.75) is 25.8 Å². The average Bonchev–Trinajstić information content (AvgIpc) is 2.19. The highest BCUT2D eigenvalue weighted by Gasteiger charge is 2.23. The Hall–Kier alpha value is -1.10. The minimum absolute atomic E-state index is 0.0782. The molecule has 0 aromatic heterocycles. The summed E-state index contributed by atoms with van der Waals surface area (Å²) in [6.45, 7) is 3.06. The molecule has 3 N–H and O–H groups in total. The standard InChI is InChI=1S/C9H16N2O3/c1-6(9(13)14)11-8(12)7-3-2-4-10-5-7/h6-7,10H,2-5H2,1H3,(H,11,12)(H,13,14)/t6-,7+/m1/s1. The highest BCUT2D eigenvalue weighted by atomic mass is 16.4. The molecule has 14 heavy (non-hydrogen) atoms. The van der Waals surface area contributed by atoms with Crippen LogP contribution in [0.1, 0.15) is 19.8 Å². The van der Waals surface area contributed by atoms with Crippen LogP contribution in [0, 0.1) is 5.92 Å². The van der Waals surface area contributed by atoms with E-state index in [2.05, 4.69) is 10.6 Å². The fourth-order valence-electron chi connectivity index (χ4n) is 1.47. The second-order valence-corrected chi connectivity index (χ2v) is 3.61. The Morgan fingerprint density at radius 2 is 2.29 bits per heavy atom. The Balaban J connectivity index is 2.36. The van der Waals surface area contributed by atoms with E-state index in [1.807, 2.05) is 0 Å². The van der Waals surface area contributed by atoms with E-state index in [-0.39, 0.29) is 11.8 Å². The Morgan fingerprint density at radius 1 is 1.57 bits per heavy atom. The van der Waals surface area contributed by atoms with Gasteiger partial charge in [0, 0.05) is 6.54 Å². The fourth-order valence-corrected chi connectivity index (χ4v) is 1.47. The van der Waals surface area contributed by atoms with E-state index in [0.717, 1.165) is 19.4 Å². The molecule has 2 atom stereocenters. The van der Waals surface area contributed by atoms with Gasteiger partial charge in [-0.3, -0.25) is 9.59 Å². The number of carbonyl (C=O) groups is 2. The van der Waals surface area contributed by atoms with Gasteiger partial charge < -0.3 is 15.7 Å². The first-order chi connectivity index (χ1) is 6.61. The summed E-state index contributed by atoms with van der Waals surface area (Å²) in [6, 6.07) is -0.801. The van der Waals surface area contributed by atoms with Gasteiger partial charge in [-0.1, -0.05) is 0 Å². The maximum atomic E-state index is 11.5. The van der Waals surface area contributed by atoms with E-state index in [0.29, 0.717) is 6.54 Å². The van der Waals surface area contributed by atoms with Crippen LogP contribution in [0.25, 0.3) is 0 Å². The van der Waals surface area contributed by atoms with Crippen LogP contribution in [0.4, 0.5) is 0 Å². The van der Waals surface area contributed by atoms with Crippen molar-refractivity contribution in [3.8, 4) is 0 Å². The Bertz CT molecular complexity index is 224. The van der Waals surface area contributed by atoms with Crippen molar-refractivity contribution in [2.24, 2.45) is 5.92 Å². The van der Waals surface area contributed by atoms with E-state index in [1.165, 1.54) is 6.92 Å². The highest BCUT2D eigenvalue weighted by Crippen LogP contribution is 2.09. The topological polar surface area (TPSA) is 78.4 Å². The van der Waals surface area contributed by atoms with Crippen LogP contribution in [0.3, 0.4) is 0 Å². The first kappa shape index (κ1) is 11.0. The van der Waals surface area contributed by atoms with Gasteiger partial charge >= 0.3 is 5.97 Å². The number of amides is 1. The van der Waals surface area contributed by atoms with Gasteiger partial charge in [0.15, 0.2) is 0 Å². The van der Waals surface area contributed by atoms with Crippen molar-refractivity contribution in [1.82, 2.24) is 10.6 Å². The number of piperidine rings is 1. The summed E-state index contributed by atoms with van der Waals surface area (Å²) in [5.41, 5.74) is 0. The number of hydrogen-bond donors (Lipinski definition) is 3. The molecule has 0 spiro atoms. The lowest BCUT2D eigenvalue weighted by Crippen LogP contribution is -2.46. The van der Waals surface area contributed by atoms with Gasteiger partial charge in [0.2, 0.25) is 5.91 Å². The minimum Gasteiger partial charge on any atom is -0.480 e. The number of aliphatic carboxylic acids is 1. The molecule has 0 radical (unpaired) electrons. The summed E-state index contributed by atoms with van der Waals surface area (Å²) in [7, 11) is 0. The summed E-state index contributed by atoms with van der Waals surface area (Å²) < 4.78 is 0.